The van der Waals surface area contributed by atoms with Crippen LogP contribution in [0.2, 0.25) is 0 Å². The van der Waals surface area contributed by atoms with Crippen LogP contribution >= 0.6 is 0 Å². The van der Waals surface area contributed by atoms with Gasteiger partial charge in [0.2, 0.25) is 29.4 Å². The van der Waals surface area contributed by atoms with Gasteiger partial charge in [-0.2, -0.15) is 0 Å². The lowest BCUT2D eigenvalue weighted by Crippen LogP contribution is -2.60. The van der Waals surface area contributed by atoms with Gasteiger partial charge in [-0.1, -0.05) is 102 Å². The van der Waals surface area contributed by atoms with Gasteiger partial charge < -0.3 is 42.1 Å². The Kier molecular flexibility index (Phi) is 20.0. The fourth-order valence-electron chi connectivity index (χ4n) is 7.44. The van der Waals surface area contributed by atoms with Gasteiger partial charge in [0.25, 0.3) is 11.8 Å². The first-order valence-electron chi connectivity index (χ1n) is 22.3. The van der Waals surface area contributed by atoms with Crippen molar-refractivity contribution >= 4 is 52.9 Å². The second-order valence-corrected chi connectivity index (χ2v) is 17.2. The van der Waals surface area contributed by atoms with Crippen LogP contribution in [0.4, 0.5) is 10.5 Å². The lowest BCUT2D eigenvalue weighted by molar-refractivity contribution is -0.140. The molecular weight excluding hydrogens is 833 g/mol. The van der Waals surface area contributed by atoms with Crippen molar-refractivity contribution in [1.29, 1.82) is 0 Å². The van der Waals surface area contributed by atoms with Crippen LogP contribution in [0.15, 0.2) is 79.3 Å². The van der Waals surface area contributed by atoms with Crippen molar-refractivity contribution in [2.24, 2.45) is 11.3 Å². The molecule has 0 spiro atoms. The summed E-state index contributed by atoms with van der Waals surface area (Å²) >= 11 is 0. The highest BCUT2D eigenvalue weighted by Gasteiger charge is 2.38. The van der Waals surface area contributed by atoms with Gasteiger partial charge in [0.05, 0.1) is 24.8 Å². The minimum absolute atomic E-state index is 0.0496. The monoisotopic (exact) mass is 896 g/mol. The molecule has 1 aromatic heterocycles. The molecule has 4 rings (SSSR count). The van der Waals surface area contributed by atoms with Gasteiger partial charge in [0.15, 0.2) is 0 Å². The number of carbonyl (C=O) groups excluding carboxylic acids is 8. The van der Waals surface area contributed by atoms with Crippen molar-refractivity contribution < 1.29 is 38.4 Å². The van der Waals surface area contributed by atoms with Crippen LogP contribution in [0.1, 0.15) is 108 Å². The van der Waals surface area contributed by atoms with E-state index < -0.39 is 77.3 Å². The first-order valence-corrected chi connectivity index (χ1v) is 22.3. The molecule has 1 aliphatic carbocycles. The van der Waals surface area contributed by atoms with E-state index in [1.54, 1.807) is 65.0 Å². The summed E-state index contributed by atoms with van der Waals surface area (Å²) in [7, 11) is 0. The number of anilines is 1. The minimum atomic E-state index is -1.17. The van der Waals surface area contributed by atoms with E-state index in [0.717, 1.165) is 37.7 Å². The lowest BCUT2D eigenvalue weighted by Gasteiger charge is -2.35. The second-order valence-electron chi connectivity index (χ2n) is 17.2. The summed E-state index contributed by atoms with van der Waals surface area (Å²) in [5.41, 5.74) is 0.653. The largest absolute Gasteiger partial charge is 0.353 e. The third-order valence-electron chi connectivity index (χ3n) is 11.0. The molecule has 65 heavy (non-hydrogen) atoms. The van der Waals surface area contributed by atoms with Crippen LogP contribution in [0, 0.1) is 11.3 Å². The summed E-state index contributed by atoms with van der Waals surface area (Å²) < 4.78 is 0. The number of hydrogen-bond donors (Lipinski definition) is 7. The molecular formula is C47H64N10O8. The Labute approximate surface area is 380 Å². The van der Waals surface area contributed by atoms with Gasteiger partial charge >= 0.3 is 6.03 Å². The van der Waals surface area contributed by atoms with Crippen LogP contribution in [0.3, 0.4) is 0 Å². The summed E-state index contributed by atoms with van der Waals surface area (Å²) in [5, 5.41) is 19.1. The molecule has 18 heteroatoms. The molecule has 0 radical (unpaired) electrons. The zero-order valence-corrected chi connectivity index (χ0v) is 38.0. The zero-order valence-electron chi connectivity index (χ0n) is 38.0. The van der Waals surface area contributed by atoms with Gasteiger partial charge in [-0.15, -0.1) is 0 Å². The number of nitrogens with zero attached hydrogens (tertiary/aromatic N) is 3. The van der Waals surface area contributed by atoms with E-state index >= 15 is 0 Å². The van der Waals surface area contributed by atoms with Crippen LogP contribution in [0.5, 0.6) is 0 Å². The SMILES string of the molecule is CCC[C@H](NC(=O)CCN(CCNC(=O)[C@@H](NC(=O)[C@@H](NC(=O)c1cnccn1)C1CCCCC1)C(C)(C)C)C(=O)Nc1ccccc1)C(=O)C(=O)NCC(=O)N[C@H](C)c1ccccc1. The normalized spacial score (nSPS) is 14.5. The summed E-state index contributed by atoms with van der Waals surface area (Å²) in [6.07, 6.45) is 8.79. The Bertz CT molecular complexity index is 2060. The smallest absolute Gasteiger partial charge is 0.321 e. The molecule has 0 saturated heterocycles. The van der Waals surface area contributed by atoms with Crippen molar-refractivity contribution in [3.63, 3.8) is 0 Å². The third kappa shape index (κ3) is 16.7. The molecule has 1 heterocycles. The average molecular weight is 897 g/mol. The molecule has 1 saturated carbocycles. The molecule has 0 unspecified atom stereocenters. The van der Waals surface area contributed by atoms with Gasteiger partial charge in [-0.25, -0.2) is 9.78 Å². The predicted molar refractivity (Wildman–Crippen MR) is 244 cm³/mol. The second kappa shape index (κ2) is 25.5. The van der Waals surface area contributed by atoms with Gasteiger partial charge in [0.1, 0.15) is 17.8 Å². The summed E-state index contributed by atoms with van der Waals surface area (Å²) in [5.74, 6) is -4.75. The van der Waals surface area contributed by atoms with E-state index in [2.05, 4.69) is 47.2 Å². The Hall–Kier alpha value is -6.72. The molecule has 4 atom stereocenters. The van der Waals surface area contributed by atoms with Crippen LogP contribution < -0.4 is 37.2 Å². The maximum atomic E-state index is 14.0. The highest BCUT2D eigenvalue weighted by Crippen LogP contribution is 2.28. The van der Waals surface area contributed by atoms with Crippen molar-refractivity contribution in [2.45, 2.75) is 110 Å². The highest BCUT2D eigenvalue weighted by molar-refractivity contribution is 6.38. The highest BCUT2D eigenvalue weighted by atomic mass is 16.2. The Balaban J connectivity index is 1.37. The number of urea groups is 1. The molecule has 0 bridgehead atoms. The zero-order chi connectivity index (χ0) is 47.4. The topological polar surface area (TPSA) is 250 Å². The van der Waals surface area contributed by atoms with Crippen LogP contribution in [-0.4, -0.2) is 106 Å². The predicted octanol–water partition coefficient (Wildman–Crippen LogP) is 3.57. The average Bonchev–Trinajstić information content (AvgIpc) is 3.30. The van der Waals surface area contributed by atoms with E-state index in [4.69, 9.17) is 0 Å². The lowest BCUT2D eigenvalue weighted by atomic mass is 9.82. The number of aromatic nitrogens is 2. The summed E-state index contributed by atoms with van der Waals surface area (Å²) in [6.45, 7) is 8.30. The number of ketones is 1. The molecule has 0 aliphatic heterocycles. The number of para-hydroxylation sites is 1. The van der Waals surface area contributed by atoms with Crippen molar-refractivity contribution in [2.75, 3.05) is 31.5 Å². The van der Waals surface area contributed by atoms with Gasteiger partial charge in [-0.3, -0.25) is 38.5 Å². The number of amides is 8. The quantitative estimate of drug-likeness (QED) is 0.0723. The number of rotatable bonds is 22. The molecule has 3 aromatic rings. The van der Waals surface area contributed by atoms with Crippen LogP contribution in [0.25, 0.3) is 0 Å². The Morgan fingerprint density at radius 2 is 1.45 bits per heavy atom. The first-order chi connectivity index (χ1) is 31.1. The number of hydrogen-bond acceptors (Lipinski definition) is 10. The molecule has 350 valence electrons. The van der Waals surface area contributed by atoms with E-state index in [-0.39, 0.29) is 50.1 Å². The summed E-state index contributed by atoms with van der Waals surface area (Å²) in [6, 6.07) is 13.9. The molecule has 18 nitrogen and oxygen atoms in total. The number of nitrogens with one attached hydrogen (secondary N) is 7. The van der Waals surface area contributed by atoms with Crippen molar-refractivity contribution in [1.82, 2.24) is 46.8 Å². The molecule has 1 fully saturated rings. The fourth-order valence-corrected chi connectivity index (χ4v) is 7.44. The molecule has 1 aliphatic rings. The van der Waals surface area contributed by atoms with E-state index in [1.807, 2.05) is 30.3 Å². The minimum Gasteiger partial charge on any atom is -0.353 e. The Morgan fingerprint density at radius 1 is 0.769 bits per heavy atom. The number of carbonyl (C=O) groups is 8. The standard InChI is InChI=1S/C47H64N10O8/c1-6-16-35(40(60)44(63)51-30-38(59)52-31(2)32-17-10-7-11-18-32)54-37(58)23-27-57(46(65)53-34-21-14-9-15-22-34)28-26-50-45(64)41(47(3,4)5)56-43(62)39(33-19-12-8-13-20-33)55-42(61)36-29-48-24-25-49-36/h7,9-11,14-15,17-18,21-22,24-25,29,31,33,35,39,41H,6,8,12-13,16,19-20,23,26-28,30H2,1-5H3,(H,50,64)(H,51,63)(H,52,59)(H,53,65)(H,54,58)(H,55,61)(H,56,62)/t31-,35+,39+,41-/m1/s1. The Morgan fingerprint density at radius 3 is 2.08 bits per heavy atom. The van der Waals surface area contributed by atoms with E-state index in [0.29, 0.717) is 12.1 Å². The molecule has 8 amide bonds. The molecule has 7 N–H and O–H groups in total. The first kappa shape index (κ1) is 50.9. The van der Waals surface area contributed by atoms with Gasteiger partial charge in [-0.05, 0) is 55.2 Å². The number of benzene rings is 2. The van der Waals surface area contributed by atoms with E-state index in [9.17, 15) is 38.4 Å². The maximum absolute atomic E-state index is 14.0. The summed E-state index contributed by atoms with van der Waals surface area (Å²) in [4.78, 5) is 116. The fraction of sp³-hybridized carbons (Fsp3) is 0.489. The number of Topliss-reactive ketones (excluding diaryl/α,β-unsaturated/α-hetero) is 1. The third-order valence-corrected chi connectivity index (χ3v) is 11.0. The van der Waals surface area contributed by atoms with E-state index in [1.165, 1.54) is 23.5 Å². The van der Waals surface area contributed by atoms with Gasteiger partial charge in [0, 0.05) is 44.1 Å². The van der Waals surface area contributed by atoms with Crippen molar-refractivity contribution in [3.8, 4) is 0 Å². The molecule has 2 aromatic carbocycles. The maximum Gasteiger partial charge on any atom is 0.321 e. The van der Waals surface area contributed by atoms with Crippen molar-refractivity contribution in [3.05, 3.63) is 90.5 Å². The van der Waals surface area contributed by atoms with Crippen LogP contribution in [-0.2, 0) is 28.8 Å².